The molecule has 6 bridgehead atoms. The maximum absolute atomic E-state index is 14.7. The number of halogens is 2. The summed E-state index contributed by atoms with van der Waals surface area (Å²) in [6, 6.07) is 12.4. The van der Waals surface area contributed by atoms with Crippen LogP contribution < -0.4 is 20.1 Å². The van der Waals surface area contributed by atoms with Gasteiger partial charge in [-0.25, -0.2) is 27.2 Å². The first-order chi connectivity index (χ1) is 26.6. The lowest BCUT2D eigenvalue weighted by atomic mass is 9.85. The van der Waals surface area contributed by atoms with E-state index in [1.807, 2.05) is 59.3 Å². The van der Waals surface area contributed by atoms with E-state index in [-0.39, 0.29) is 37.2 Å². The van der Waals surface area contributed by atoms with E-state index in [0.717, 1.165) is 5.56 Å². The normalized spacial score (nSPS) is 25.7. The van der Waals surface area contributed by atoms with Crippen LogP contribution in [0.1, 0.15) is 57.9 Å². The predicted molar refractivity (Wildman–Crippen MR) is 198 cm³/mol. The van der Waals surface area contributed by atoms with Crippen LogP contribution in [-0.2, 0) is 30.8 Å². The van der Waals surface area contributed by atoms with E-state index in [9.17, 15) is 31.6 Å². The molecule has 2 saturated carbocycles. The maximum atomic E-state index is 14.7. The number of hydrogen-bond acceptors (Lipinski definition) is 12. The molecule has 294 valence electrons. The Morgan fingerprint density at radius 2 is 1.80 bits per heavy atom. The van der Waals surface area contributed by atoms with E-state index >= 15 is 0 Å². The highest BCUT2D eigenvalue weighted by molar-refractivity contribution is 7.91. The third-order valence-electron chi connectivity index (χ3n) is 10.5. The molecule has 3 N–H and O–H groups in total. The number of allylic oxidation sites excluding steroid dienone is 1. The van der Waals surface area contributed by atoms with Crippen LogP contribution in [0, 0.1) is 11.3 Å². The smallest absolute Gasteiger partial charge is 0.316 e. The number of rotatable bonds is 6. The third kappa shape index (κ3) is 7.29. The number of ether oxygens (including phenoxy) is 1. The first kappa shape index (κ1) is 37.4. The van der Waals surface area contributed by atoms with Crippen LogP contribution >= 0.6 is 0 Å². The van der Waals surface area contributed by atoms with Gasteiger partial charge in [-0.3, -0.25) is 19.1 Å². The minimum Gasteiger partial charge on any atom is -0.471 e. The lowest BCUT2D eigenvalue weighted by Gasteiger charge is -2.35. The van der Waals surface area contributed by atoms with Crippen molar-refractivity contribution in [1.29, 1.82) is 0 Å². The van der Waals surface area contributed by atoms with Gasteiger partial charge in [0.1, 0.15) is 29.4 Å². The van der Waals surface area contributed by atoms with Crippen LogP contribution in [0.2, 0.25) is 0 Å². The number of sulfonamides is 1. The molecule has 18 heteroatoms. The van der Waals surface area contributed by atoms with Crippen molar-refractivity contribution in [2.24, 2.45) is 11.3 Å². The van der Waals surface area contributed by atoms with Crippen LogP contribution in [0.25, 0.3) is 28.4 Å². The molecule has 15 nitrogen and oxygen atoms in total. The Bertz CT molecular complexity index is 2360. The van der Waals surface area contributed by atoms with Crippen molar-refractivity contribution in [1.82, 2.24) is 35.1 Å². The molecule has 4 heterocycles. The Hall–Kier alpha value is -5.52. The maximum Gasteiger partial charge on any atom is 0.316 e. The number of fused-ring (bicyclic) bond motifs is 9. The number of benzene rings is 2. The highest BCUT2D eigenvalue weighted by Gasteiger charge is 2.67. The molecule has 1 saturated heterocycles. The summed E-state index contributed by atoms with van der Waals surface area (Å²) >= 11 is 0. The largest absolute Gasteiger partial charge is 0.471 e. The van der Waals surface area contributed by atoms with E-state index < -0.39 is 80.9 Å². The van der Waals surface area contributed by atoms with E-state index in [1.165, 1.54) is 4.90 Å². The molecule has 0 unspecified atom stereocenters. The summed E-state index contributed by atoms with van der Waals surface area (Å²) in [6.07, 6.45) is 0.177. The van der Waals surface area contributed by atoms with E-state index in [1.54, 1.807) is 26.8 Å². The highest BCUT2D eigenvalue weighted by atomic mass is 32.2. The molecule has 4 aromatic rings. The molecule has 3 amide bonds. The summed E-state index contributed by atoms with van der Waals surface area (Å²) in [6.45, 7) is 5.25. The zero-order chi connectivity index (χ0) is 39.6. The second-order valence-electron chi connectivity index (χ2n) is 15.8. The summed E-state index contributed by atoms with van der Waals surface area (Å²) < 4.78 is 68.1. The van der Waals surface area contributed by atoms with Gasteiger partial charge in [-0.15, -0.1) is 5.10 Å². The molecule has 2 aliphatic carbocycles. The Labute approximate surface area is 320 Å². The summed E-state index contributed by atoms with van der Waals surface area (Å²) in [7, 11) is -4.13. The monoisotopic (exact) mass is 790 g/mol. The summed E-state index contributed by atoms with van der Waals surface area (Å²) in [5.74, 6) is -3.95. The average Bonchev–Trinajstić information content (AvgIpc) is 4.05. The van der Waals surface area contributed by atoms with Gasteiger partial charge in [-0.1, -0.05) is 68.4 Å². The standard InChI is InChI=1S/C38H40F2N8O7S/c1-37(2,3)30-34(50)48-19-22(17-27(48)32(49)44-38(18-24(38)31(39)40)35(51)47-56(52,53)23-14-15-23)54-33-29(41-25-11-4-5-12-26(25)42-33)21-10-6-8-20(16-21)9-7-13-28-45-46-36(43-30)55-28/h4-12,16,22-24,27,30-31H,13-15,17-19H2,1-3H3,(H,43,46)(H,44,49)(H,47,51)/b9-7+/t22-,24+,27+,30-,38-/m1/s1. The molecule has 0 radical (unpaired) electrons. The lowest BCUT2D eigenvalue weighted by Crippen LogP contribution is -2.59. The van der Waals surface area contributed by atoms with Crippen molar-refractivity contribution in [3.05, 3.63) is 66.1 Å². The van der Waals surface area contributed by atoms with Crippen molar-refractivity contribution in [2.45, 2.75) is 88.3 Å². The number of aromatic nitrogens is 4. The van der Waals surface area contributed by atoms with Gasteiger partial charge in [0.05, 0.1) is 28.7 Å². The SMILES string of the molecule is CC(C)(C)[C@@H]1Nc2nnc(o2)C/C=C/c2cccc(c2)-c2nc3ccccc3nc2O[C@@H]2C[C@@H](C(=O)N[C@]3(C(=O)NS(=O)(=O)C4CC4)C[C@H]3C(F)F)N(C2)C1=O. The van der Waals surface area contributed by atoms with Crippen LogP contribution in [0.15, 0.2) is 59.0 Å². The molecule has 3 fully saturated rings. The number of nitrogens with zero attached hydrogens (tertiary/aromatic N) is 5. The number of hydrogen-bond donors (Lipinski definition) is 3. The molecular weight excluding hydrogens is 751 g/mol. The summed E-state index contributed by atoms with van der Waals surface area (Å²) in [4.78, 5) is 53.4. The number of para-hydroxylation sites is 2. The van der Waals surface area contributed by atoms with Crippen LogP contribution in [0.4, 0.5) is 14.8 Å². The summed E-state index contributed by atoms with van der Waals surface area (Å²) in [5.41, 5.74) is 0.0722. The van der Waals surface area contributed by atoms with Gasteiger partial charge in [0.25, 0.3) is 5.91 Å². The highest BCUT2D eigenvalue weighted by Crippen LogP contribution is 2.48. The zero-order valence-corrected chi connectivity index (χ0v) is 31.6. The zero-order valence-electron chi connectivity index (χ0n) is 30.7. The van der Waals surface area contributed by atoms with Crippen molar-refractivity contribution in [2.75, 3.05) is 11.9 Å². The number of alkyl halides is 2. The fraction of sp³-hybridized carbons (Fsp3) is 0.447. The Morgan fingerprint density at radius 1 is 1.05 bits per heavy atom. The fourth-order valence-corrected chi connectivity index (χ4v) is 8.61. The molecule has 4 aliphatic rings. The first-order valence-electron chi connectivity index (χ1n) is 18.4. The van der Waals surface area contributed by atoms with E-state index in [0.29, 0.717) is 35.1 Å². The van der Waals surface area contributed by atoms with Gasteiger partial charge in [-0.05, 0) is 48.4 Å². The second kappa shape index (κ2) is 13.9. The number of carbonyl (C=O) groups excluding carboxylic acids is 3. The van der Waals surface area contributed by atoms with Gasteiger partial charge >= 0.3 is 6.01 Å². The molecule has 2 aromatic carbocycles. The molecule has 5 atom stereocenters. The van der Waals surface area contributed by atoms with Crippen LogP contribution in [0.5, 0.6) is 5.88 Å². The van der Waals surface area contributed by atoms with Crippen molar-refractivity contribution >= 4 is 50.9 Å². The van der Waals surface area contributed by atoms with Crippen molar-refractivity contribution in [3.8, 4) is 17.1 Å². The summed E-state index contributed by atoms with van der Waals surface area (Å²) in [5, 5.41) is 12.9. The third-order valence-corrected chi connectivity index (χ3v) is 12.4. The Kier molecular flexibility index (Phi) is 9.28. The quantitative estimate of drug-likeness (QED) is 0.255. The number of anilines is 1. The molecule has 0 spiro atoms. The van der Waals surface area contributed by atoms with Gasteiger partial charge in [-0.2, -0.15) is 0 Å². The Morgan fingerprint density at radius 3 is 2.50 bits per heavy atom. The molecule has 56 heavy (non-hydrogen) atoms. The Balaban J connectivity index is 1.19. The molecule has 2 aromatic heterocycles. The van der Waals surface area contributed by atoms with Crippen LogP contribution in [0.3, 0.4) is 0 Å². The molecular formula is C38H40F2N8O7S. The minimum absolute atomic E-state index is 0.0286. The topological polar surface area (TPSA) is 199 Å². The number of amides is 3. The van der Waals surface area contributed by atoms with Gasteiger partial charge in [0.2, 0.25) is 40.0 Å². The second-order valence-corrected chi connectivity index (χ2v) is 17.8. The molecule has 2 aliphatic heterocycles. The van der Waals surface area contributed by atoms with Gasteiger partial charge < -0.3 is 24.7 Å². The first-order valence-corrected chi connectivity index (χ1v) is 19.9. The van der Waals surface area contributed by atoms with E-state index in [4.69, 9.17) is 19.1 Å². The van der Waals surface area contributed by atoms with Crippen LogP contribution in [-0.4, -0.2) is 93.2 Å². The minimum atomic E-state index is -4.13. The predicted octanol–water partition coefficient (Wildman–Crippen LogP) is 3.87. The fourth-order valence-electron chi connectivity index (χ4n) is 7.24. The number of nitrogens with one attached hydrogen (secondary N) is 3. The van der Waals surface area contributed by atoms with Crippen molar-refractivity contribution in [3.63, 3.8) is 0 Å². The average molecular weight is 791 g/mol. The van der Waals surface area contributed by atoms with Gasteiger partial charge in [0.15, 0.2) is 0 Å². The molecule has 8 rings (SSSR count). The van der Waals surface area contributed by atoms with E-state index in [2.05, 4.69) is 20.8 Å². The van der Waals surface area contributed by atoms with Gasteiger partial charge in [0, 0.05) is 18.4 Å². The van der Waals surface area contributed by atoms with Crippen molar-refractivity contribution < 1.29 is 40.7 Å². The lowest BCUT2D eigenvalue weighted by molar-refractivity contribution is -0.141. The number of carbonyl (C=O) groups is 3.